The van der Waals surface area contributed by atoms with Crippen LogP contribution in [0.2, 0.25) is 0 Å². The van der Waals surface area contributed by atoms with Gasteiger partial charge >= 0.3 is 0 Å². The Hall–Kier alpha value is -1.13. The lowest BCUT2D eigenvalue weighted by atomic mass is 10.00. The fraction of sp³-hybridized carbons (Fsp3) is 0.706. The van der Waals surface area contributed by atoms with Crippen molar-refractivity contribution in [1.82, 2.24) is 9.88 Å². The fourth-order valence-corrected chi connectivity index (χ4v) is 2.88. The third kappa shape index (κ3) is 4.97. The molecule has 0 aromatic carbocycles. The van der Waals surface area contributed by atoms with Crippen LogP contribution in [-0.4, -0.2) is 36.1 Å². The van der Waals surface area contributed by atoms with Gasteiger partial charge in [-0.25, -0.2) is 4.98 Å². The molecule has 0 bridgehead atoms. The molecule has 1 unspecified atom stereocenters. The quantitative estimate of drug-likeness (QED) is 0.759. The van der Waals surface area contributed by atoms with Crippen LogP contribution in [0.25, 0.3) is 0 Å². The smallest absolute Gasteiger partial charge is 0.212 e. The molecule has 0 saturated heterocycles. The fourth-order valence-electron chi connectivity index (χ4n) is 2.88. The van der Waals surface area contributed by atoms with Gasteiger partial charge in [0.1, 0.15) is 0 Å². The van der Waals surface area contributed by atoms with E-state index in [1.54, 1.807) is 7.11 Å². The second kappa shape index (κ2) is 9.00. The Bertz CT molecular complexity index is 388. The molecule has 1 atom stereocenters. The van der Waals surface area contributed by atoms with Crippen LogP contribution in [0.5, 0.6) is 5.88 Å². The zero-order valence-electron chi connectivity index (χ0n) is 14.2. The van der Waals surface area contributed by atoms with E-state index in [0.29, 0.717) is 24.4 Å². The van der Waals surface area contributed by atoms with E-state index in [1.165, 1.54) is 5.56 Å². The van der Waals surface area contributed by atoms with Crippen LogP contribution < -0.4 is 10.5 Å². The zero-order chi connectivity index (χ0) is 15.8. The third-order valence-corrected chi connectivity index (χ3v) is 3.96. The molecule has 4 heteroatoms. The first kappa shape index (κ1) is 17.9. The van der Waals surface area contributed by atoms with E-state index < -0.39 is 0 Å². The summed E-state index contributed by atoms with van der Waals surface area (Å²) in [5.41, 5.74) is 7.27. The molecule has 120 valence electrons. The summed E-state index contributed by atoms with van der Waals surface area (Å²) in [5, 5.41) is 0. The molecule has 1 rings (SSSR count). The van der Waals surface area contributed by atoms with Gasteiger partial charge in [-0.2, -0.15) is 0 Å². The molecule has 0 saturated carbocycles. The minimum Gasteiger partial charge on any atom is -0.481 e. The van der Waals surface area contributed by atoms with E-state index in [1.807, 2.05) is 12.3 Å². The number of hydrogen-bond acceptors (Lipinski definition) is 4. The van der Waals surface area contributed by atoms with E-state index in [0.717, 1.165) is 19.4 Å². The SMILES string of the molecule is CCC(CC)N(CC(C)C)C(CN)c1ccc(OC)nc1. The van der Waals surface area contributed by atoms with Crippen molar-refractivity contribution >= 4 is 0 Å². The van der Waals surface area contributed by atoms with Crippen molar-refractivity contribution in [2.45, 2.75) is 52.6 Å². The number of methoxy groups -OCH3 is 1. The Kier molecular flexibility index (Phi) is 7.68. The Labute approximate surface area is 129 Å². The number of nitrogens with two attached hydrogens (primary N) is 1. The highest BCUT2D eigenvalue weighted by Crippen LogP contribution is 2.26. The van der Waals surface area contributed by atoms with Crippen molar-refractivity contribution in [2.24, 2.45) is 11.7 Å². The van der Waals surface area contributed by atoms with Gasteiger partial charge in [-0.1, -0.05) is 33.8 Å². The Morgan fingerprint density at radius 2 is 1.90 bits per heavy atom. The lowest BCUT2D eigenvalue weighted by molar-refractivity contribution is 0.112. The number of nitrogens with zero attached hydrogens (tertiary/aromatic N) is 2. The van der Waals surface area contributed by atoms with Crippen LogP contribution in [-0.2, 0) is 0 Å². The molecule has 0 amide bonds. The number of pyridine rings is 1. The van der Waals surface area contributed by atoms with Gasteiger partial charge in [0, 0.05) is 37.4 Å². The maximum absolute atomic E-state index is 6.10. The summed E-state index contributed by atoms with van der Waals surface area (Å²) in [6.07, 6.45) is 4.18. The van der Waals surface area contributed by atoms with E-state index in [2.05, 4.69) is 43.6 Å². The molecule has 0 fully saturated rings. The number of aromatic nitrogens is 1. The molecule has 4 nitrogen and oxygen atoms in total. The van der Waals surface area contributed by atoms with Gasteiger partial charge in [0.15, 0.2) is 0 Å². The Morgan fingerprint density at radius 3 is 2.29 bits per heavy atom. The van der Waals surface area contributed by atoms with Gasteiger partial charge in [0.05, 0.1) is 7.11 Å². The van der Waals surface area contributed by atoms with E-state index >= 15 is 0 Å². The van der Waals surface area contributed by atoms with Gasteiger partial charge in [-0.05, 0) is 24.3 Å². The second-order valence-electron chi connectivity index (χ2n) is 5.95. The molecule has 0 aliphatic rings. The lowest BCUT2D eigenvalue weighted by Gasteiger charge is -2.38. The van der Waals surface area contributed by atoms with Crippen molar-refractivity contribution in [1.29, 1.82) is 0 Å². The van der Waals surface area contributed by atoms with Gasteiger partial charge < -0.3 is 10.5 Å². The summed E-state index contributed by atoms with van der Waals surface area (Å²) in [6.45, 7) is 10.7. The van der Waals surface area contributed by atoms with Gasteiger partial charge in [0.25, 0.3) is 0 Å². The van der Waals surface area contributed by atoms with E-state index in [9.17, 15) is 0 Å². The highest BCUT2D eigenvalue weighted by molar-refractivity contribution is 5.21. The maximum atomic E-state index is 6.10. The lowest BCUT2D eigenvalue weighted by Crippen LogP contribution is -2.43. The predicted molar refractivity (Wildman–Crippen MR) is 88.5 cm³/mol. The summed E-state index contributed by atoms with van der Waals surface area (Å²) >= 11 is 0. The van der Waals surface area contributed by atoms with Crippen molar-refractivity contribution in [2.75, 3.05) is 20.2 Å². The number of ether oxygens (including phenoxy) is 1. The predicted octanol–water partition coefficient (Wildman–Crippen LogP) is 3.24. The molecular weight excluding hydrogens is 262 g/mol. The molecule has 1 heterocycles. The zero-order valence-corrected chi connectivity index (χ0v) is 14.2. The van der Waals surface area contributed by atoms with Crippen LogP contribution >= 0.6 is 0 Å². The average molecular weight is 293 g/mol. The highest BCUT2D eigenvalue weighted by Gasteiger charge is 2.25. The van der Waals surface area contributed by atoms with Gasteiger partial charge in [-0.3, -0.25) is 4.90 Å². The summed E-state index contributed by atoms with van der Waals surface area (Å²) in [5.74, 6) is 1.26. The molecular formula is C17H31N3O. The molecule has 0 aliphatic heterocycles. The van der Waals surface area contributed by atoms with E-state index in [4.69, 9.17) is 10.5 Å². The first-order valence-electron chi connectivity index (χ1n) is 8.02. The normalized spacial score (nSPS) is 13.2. The van der Waals surface area contributed by atoms with Crippen molar-refractivity contribution < 1.29 is 4.74 Å². The minimum absolute atomic E-state index is 0.218. The largest absolute Gasteiger partial charge is 0.481 e. The van der Waals surface area contributed by atoms with Crippen LogP contribution in [0.1, 0.15) is 52.1 Å². The van der Waals surface area contributed by atoms with Crippen molar-refractivity contribution in [3.05, 3.63) is 23.9 Å². The van der Waals surface area contributed by atoms with Crippen molar-refractivity contribution in [3.63, 3.8) is 0 Å². The Balaban J connectivity index is 3.03. The highest BCUT2D eigenvalue weighted by atomic mass is 16.5. The topological polar surface area (TPSA) is 51.4 Å². The molecule has 2 N–H and O–H groups in total. The van der Waals surface area contributed by atoms with Gasteiger partial charge in [-0.15, -0.1) is 0 Å². The molecule has 0 spiro atoms. The molecule has 0 radical (unpaired) electrons. The van der Waals surface area contributed by atoms with Crippen LogP contribution in [0.4, 0.5) is 0 Å². The first-order valence-corrected chi connectivity index (χ1v) is 8.02. The standard InChI is InChI=1S/C17H31N3O/c1-6-15(7-2)20(12-13(3)4)16(10-18)14-8-9-17(21-5)19-11-14/h8-9,11,13,15-16H,6-7,10,12,18H2,1-5H3. The van der Waals surface area contributed by atoms with Crippen LogP contribution in [0.15, 0.2) is 18.3 Å². The summed E-state index contributed by atoms with van der Waals surface area (Å²) in [4.78, 5) is 6.88. The summed E-state index contributed by atoms with van der Waals surface area (Å²) in [7, 11) is 1.64. The van der Waals surface area contributed by atoms with Crippen molar-refractivity contribution in [3.8, 4) is 5.88 Å². The van der Waals surface area contributed by atoms with Gasteiger partial charge in [0.2, 0.25) is 5.88 Å². The molecule has 21 heavy (non-hydrogen) atoms. The summed E-state index contributed by atoms with van der Waals surface area (Å²) < 4.78 is 5.14. The first-order chi connectivity index (χ1) is 10.1. The molecule has 0 aliphatic carbocycles. The van der Waals surface area contributed by atoms with Crippen LogP contribution in [0, 0.1) is 5.92 Å². The molecule has 1 aromatic heterocycles. The molecule has 1 aromatic rings. The number of hydrogen-bond donors (Lipinski definition) is 1. The third-order valence-electron chi connectivity index (χ3n) is 3.96. The second-order valence-corrected chi connectivity index (χ2v) is 5.95. The monoisotopic (exact) mass is 293 g/mol. The van der Waals surface area contributed by atoms with E-state index in [-0.39, 0.29) is 6.04 Å². The van der Waals surface area contributed by atoms with Crippen LogP contribution in [0.3, 0.4) is 0 Å². The average Bonchev–Trinajstić information content (AvgIpc) is 2.49. The Morgan fingerprint density at radius 1 is 1.24 bits per heavy atom. The maximum Gasteiger partial charge on any atom is 0.212 e. The summed E-state index contributed by atoms with van der Waals surface area (Å²) in [6, 6.07) is 4.77. The number of rotatable bonds is 9. The minimum atomic E-state index is 0.218.